The van der Waals surface area contributed by atoms with Gasteiger partial charge in [-0.05, 0) is 25.2 Å². The van der Waals surface area contributed by atoms with E-state index in [2.05, 4.69) is 16.5 Å². The van der Waals surface area contributed by atoms with Gasteiger partial charge in [0.05, 0.1) is 24.3 Å². The van der Waals surface area contributed by atoms with Crippen LogP contribution in [0.2, 0.25) is 0 Å². The number of aliphatic hydroxyl groups excluding tert-OH is 1. The number of nitrogens with zero attached hydrogens (tertiary/aromatic N) is 2. The summed E-state index contributed by atoms with van der Waals surface area (Å²) in [5, 5.41) is 10.3. The first-order valence-electron chi connectivity index (χ1n) is 6.01. The zero-order valence-corrected chi connectivity index (χ0v) is 9.39. The van der Waals surface area contributed by atoms with Gasteiger partial charge in [-0.3, -0.25) is 0 Å². The predicted molar refractivity (Wildman–Crippen MR) is 59.4 cm³/mol. The minimum absolute atomic E-state index is 0.304. The molecular formula is C12H20N2O. The highest BCUT2D eigenvalue weighted by Crippen LogP contribution is 2.35. The van der Waals surface area contributed by atoms with Gasteiger partial charge in [-0.25, -0.2) is 4.98 Å². The maximum Gasteiger partial charge on any atom is 0.0983 e. The quantitative estimate of drug-likeness (QED) is 0.825. The van der Waals surface area contributed by atoms with Crippen molar-refractivity contribution >= 4 is 0 Å². The summed E-state index contributed by atoms with van der Waals surface area (Å²) < 4.78 is 2.09. The van der Waals surface area contributed by atoms with Crippen LogP contribution in [0.5, 0.6) is 0 Å². The zero-order chi connectivity index (χ0) is 10.7. The minimum atomic E-state index is -0.304. The van der Waals surface area contributed by atoms with E-state index in [1.54, 1.807) is 0 Å². The van der Waals surface area contributed by atoms with E-state index in [1.165, 1.54) is 25.7 Å². The molecule has 1 saturated carbocycles. The molecule has 1 atom stereocenters. The van der Waals surface area contributed by atoms with Gasteiger partial charge in [0.25, 0.3) is 0 Å². The summed E-state index contributed by atoms with van der Waals surface area (Å²) in [5.74, 6) is 0.456. The van der Waals surface area contributed by atoms with Gasteiger partial charge in [0.1, 0.15) is 0 Å². The highest BCUT2D eigenvalue weighted by atomic mass is 16.3. The van der Waals surface area contributed by atoms with Gasteiger partial charge in [-0.15, -0.1) is 0 Å². The molecule has 1 aliphatic carbocycles. The van der Waals surface area contributed by atoms with Gasteiger partial charge in [0.15, 0.2) is 0 Å². The summed E-state index contributed by atoms with van der Waals surface area (Å²) >= 11 is 0. The van der Waals surface area contributed by atoms with Gasteiger partial charge in [-0.1, -0.05) is 19.8 Å². The molecule has 3 nitrogen and oxygen atoms in total. The molecule has 1 aromatic heterocycles. The molecule has 1 aliphatic rings. The lowest BCUT2D eigenvalue weighted by Gasteiger charge is -2.19. The molecule has 1 heterocycles. The molecule has 1 fully saturated rings. The molecule has 0 bridgehead atoms. The molecule has 0 saturated heterocycles. The fourth-order valence-corrected chi connectivity index (χ4v) is 2.52. The molecule has 0 aromatic carbocycles. The van der Waals surface area contributed by atoms with E-state index in [-0.39, 0.29) is 6.10 Å². The topological polar surface area (TPSA) is 38.0 Å². The highest BCUT2D eigenvalue weighted by molar-refractivity contribution is 5.05. The van der Waals surface area contributed by atoms with Crippen molar-refractivity contribution in [1.82, 2.24) is 9.55 Å². The fraction of sp³-hybridized carbons (Fsp3) is 0.750. The van der Waals surface area contributed by atoms with Crippen LogP contribution in [0.4, 0.5) is 0 Å². The highest BCUT2D eigenvalue weighted by Gasteiger charge is 2.26. The Morgan fingerprint density at radius 1 is 1.53 bits per heavy atom. The first-order valence-corrected chi connectivity index (χ1v) is 6.01. The lowest BCUT2D eigenvalue weighted by molar-refractivity contribution is 0.103. The summed E-state index contributed by atoms with van der Waals surface area (Å²) in [6.07, 6.45) is 9.29. The number of aryl methyl sites for hydroxylation is 1. The summed E-state index contributed by atoms with van der Waals surface area (Å²) in [6, 6.07) is 0. The van der Waals surface area contributed by atoms with Crippen molar-refractivity contribution in [2.75, 3.05) is 0 Å². The molecule has 1 N–H and O–H groups in total. The standard InChI is InChI=1S/C12H20N2O/c1-2-7-14-9-13-8-11(14)12(15)10-5-3-4-6-10/h8-10,12,15H,2-7H2,1H3. The molecule has 84 valence electrons. The normalized spacial score (nSPS) is 19.6. The van der Waals surface area contributed by atoms with E-state index in [9.17, 15) is 5.11 Å². The monoisotopic (exact) mass is 208 g/mol. The lowest BCUT2D eigenvalue weighted by Crippen LogP contribution is -2.13. The number of rotatable bonds is 4. The number of aliphatic hydroxyl groups is 1. The molecule has 1 aromatic rings. The van der Waals surface area contributed by atoms with Gasteiger partial charge < -0.3 is 9.67 Å². The van der Waals surface area contributed by atoms with E-state index >= 15 is 0 Å². The van der Waals surface area contributed by atoms with Crippen LogP contribution in [0.25, 0.3) is 0 Å². The van der Waals surface area contributed by atoms with Gasteiger partial charge in [0.2, 0.25) is 0 Å². The largest absolute Gasteiger partial charge is 0.387 e. The minimum Gasteiger partial charge on any atom is -0.387 e. The summed E-state index contributed by atoms with van der Waals surface area (Å²) in [5.41, 5.74) is 1.00. The van der Waals surface area contributed by atoms with Crippen LogP contribution in [0.1, 0.15) is 50.8 Å². The molecular weight excluding hydrogens is 188 g/mol. The fourth-order valence-electron chi connectivity index (χ4n) is 2.52. The summed E-state index contributed by atoms with van der Waals surface area (Å²) in [7, 11) is 0. The predicted octanol–water partition coefficient (Wildman–Crippen LogP) is 2.52. The van der Waals surface area contributed by atoms with Crippen LogP contribution in [0.15, 0.2) is 12.5 Å². The third-order valence-electron chi connectivity index (χ3n) is 3.36. The molecule has 3 heteroatoms. The van der Waals surface area contributed by atoms with Gasteiger partial charge in [0, 0.05) is 6.54 Å². The van der Waals surface area contributed by atoms with Gasteiger partial charge in [-0.2, -0.15) is 0 Å². The Kier molecular flexibility index (Phi) is 3.41. The Morgan fingerprint density at radius 2 is 2.27 bits per heavy atom. The second kappa shape index (κ2) is 4.79. The second-order valence-electron chi connectivity index (χ2n) is 4.50. The number of hydrogen-bond donors (Lipinski definition) is 1. The molecule has 2 rings (SSSR count). The summed E-state index contributed by atoms with van der Waals surface area (Å²) in [6.45, 7) is 3.10. The smallest absolute Gasteiger partial charge is 0.0983 e. The number of hydrogen-bond acceptors (Lipinski definition) is 2. The number of imidazole rings is 1. The van der Waals surface area contributed by atoms with Crippen molar-refractivity contribution in [2.24, 2.45) is 5.92 Å². The Balaban J connectivity index is 2.09. The molecule has 15 heavy (non-hydrogen) atoms. The van der Waals surface area contributed by atoms with Crippen molar-refractivity contribution in [3.63, 3.8) is 0 Å². The lowest BCUT2D eigenvalue weighted by atomic mass is 9.98. The van der Waals surface area contributed by atoms with E-state index < -0.39 is 0 Å². The van der Waals surface area contributed by atoms with E-state index in [4.69, 9.17) is 0 Å². The van der Waals surface area contributed by atoms with Crippen LogP contribution >= 0.6 is 0 Å². The maximum atomic E-state index is 10.3. The van der Waals surface area contributed by atoms with Crippen LogP contribution in [-0.2, 0) is 6.54 Å². The van der Waals surface area contributed by atoms with Crippen molar-refractivity contribution in [2.45, 2.75) is 51.7 Å². The SMILES string of the molecule is CCCn1cncc1C(O)C1CCCC1. The Morgan fingerprint density at radius 3 is 2.93 bits per heavy atom. The average Bonchev–Trinajstić information content (AvgIpc) is 2.87. The zero-order valence-electron chi connectivity index (χ0n) is 9.39. The Bertz CT molecular complexity index is 302. The summed E-state index contributed by atoms with van der Waals surface area (Å²) in [4.78, 5) is 4.14. The second-order valence-corrected chi connectivity index (χ2v) is 4.50. The first kappa shape index (κ1) is 10.7. The first-order chi connectivity index (χ1) is 7.33. The Labute approximate surface area is 91.1 Å². The van der Waals surface area contributed by atoms with Crippen LogP contribution in [-0.4, -0.2) is 14.7 Å². The average molecular weight is 208 g/mol. The van der Waals surface area contributed by atoms with Crippen LogP contribution in [0, 0.1) is 5.92 Å². The third kappa shape index (κ3) is 2.23. The molecule has 0 radical (unpaired) electrons. The Hall–Kier alpha value is -0.830. The van der Waals surface area contributed by atoms with E-state index in [1.807, 2.05) is 12.5 Å². The van der Waals surface area contributed by atoms with Gasteiger partial charge >= 0.3 is 0 Å². The third-order valence-corrected chi connectivity index (χ3v) is 3.36. The molecule has 1 unspecified atom stereocenters. The van der Waals surface area contributed by atoms with Crippen molar-refractivity contribution < 1.29 is 5.11 Å². The molecule has 0 amide bonds. The number of aromatic nitrogens is 2. The molecule has 0 aliphatic heterocycles. The molecule has 0 spiro atoms. The van der Waals surface area contributed by atoms with E-state index in [0.717, 1.165) is 18.7 Å². The van der Waals surface area contributed by atoms with Crippen LogP contribution in [0.3, 0.4) is 0 Å². The van der Waals surface area contributed by atoms with E-state index in [0.29, 0.717) is 5.92 Å². The van der Waals surface area contributed by atoms with Crippen molar-refractivity contribution in [3.05, 3.63) is 18.2 Å². The maximum absolute atomic E-state index is 10.3. The van der Waals surface area contributed by atoms with Crippen molar-refractivity contribution in [3.8, 4) is 0 Å². The van der Waals surface area contributed by atoms with Crippen LogP contribution < -0.4 is 0 Å². The van der Waals surface area contributed by atoms with Crippen molar-refractivity contribution in [1.29, 1.82) is 0 Å².